The highest BCUT2D eigenvalue weighted by atomic mass is 35.5. The Balaban J connectivity index is 1.82. The van der Waals surface area contributed by atoms with Crippen molar-refractivity contribution in [3.05, 3.63) is 123 Å². The number of likely N-dealkylation sites (N-methyl/N-ethyl adjacent to an activating group) is 1. The standard InChI is InChI=1S/C32H30Cl3N3O5S/c1-36-32(40)30(18-22-8-4-3-5-9-22)37(20-27-28(34)12-7-13-29(27)35)31(39)21-38(24-11-6-10-23(33)19-24)44(41,42)26-16-14-25(43-2)15-17-26/h3-17,19,30H,18,20-21H2,1-2H3,(H,36,40). The molecule has 0 fully saturated rings. The predicted octanol–water partition coefficient (Wildman–Crippen LogP) is 6.24. The van der Waals surface area contributed by atoms with Crippen LogP contribution in [0.2, 0.25) is 15.1 Å². The Hall–Kier alpha value is -3.76. The molecule has 2 amide bonds. The molecule has 0 aliphatic heterocycles. The third-order valence-electron chi connectivity index (χ3n) is 6.93. The fourth-order valence-corrected chi connectivity index (χ4v) is 6.72. The van der Waals surface area contributed by atoms with E-state index in [0.29, 0.717) is 21.4 Å². The largest absolute Gasteiger partial charge is 0.497 e. The van der Waals surface area contributed by atoms with Crippen molar-refractivity contribution >= 4 is 62.3 Å². The molecular formula is C32H30Cl3N3O5S. The summed E-state index contributed by atoms with van der Waals surface area (Å²) in [6.45, 7) is -0.812. The highest BCUT2D eigenvalue weighted by Gasteiger charge is 2.35. The molecule has 44 heavy (non-hydrogen) atoms. The van der Waals surface area contributed by atoms with Gasteiger partial charge in [0.2, 0.25) is 11.8 Å². The van der Waals surface area contributed by atoms with Gasteiger partial charge in [0.15, 0.2) is 0 Å². The number of hydrogen-bond acceptors (Lipinski definition) is 5. The number of nitrogens with zero attached hydrogens (tertiary/aromatic N) is 2. The monoisotopic (exact) mass is 673 g/mol. The van der Waals surface area contributed by atoms with Gasteiger partial charge < -0.3 is 15.0 Å². The summed E-state index contributed by atoms with van der Waals surface area (Å²) in [5.41, 5.74) is 1.37. The van der Waals surface area contributed by atoms with Crippen molar-refractivity contribution in [3.8, 4) is 5.75 Å². The second-order valence-corrected chi connectivity index (χ2v) is 12.8. The summed E-state index contributed by atoms with van der Waals surface area (Å²) in [6.07, 6.45) is 0.150. The number of anilines is 1. The van der Waals surface area contributed by atoms with E-state index in [4.69, 9.17) is 39.5 Å². The number of methoxy groups -OCH3 is 1. The molecule has 0 spiro atoms. The van der Waals surface area contributed by atoms with Crippen molar-refractivity contribution in [1.29, 1.82) is 0 Å². The van der Waals surface area contributed by atoms with E-state index in [1.165, 1.54) is 55.5 Å². The van der Waals surface area contributed by atoms with Crippen molar-refractivity contribution in [3.63, 3.8) is 0 Å². The molecule has 0 saturated carbocycles. The van der Waals surface area contributed by atoms with Crippen molar-refractivity contribution in [2.45, 2.75) is 23.9 Å². The molecule has 0 heterocycles. The van der Waals surface area contributed by atoms with Gasteiger partial charge in [-0.1, -0.05) is 77.3 Å². The normalized spacial score (nSPS) is 11.8. The van der Waals surface area contributed by atoms with Gasteiger partial charge in [-0.05, 0) is 60.2 Å². The van der Waals surface area contributed by atoms with Crippen molar-refractivity contribution in [2.75, 3.05) is 25.0 Å². The Morgan fingerprint density at radius 3 is 2.09 bits per heavy atom. The molecule has 0 aliphatic rings. The molecule has 0 saturated heterocycles. The van der Waals surface area contributed by atoms with Crippen LogP contribution in [0.4, 0.5) is 5.69 Å². The fraction of sp³-hybridized carbons (Fsp3) is 0.188. The zero-order valence-corrected chi connectivity index (χ0v) is 27.0. The average Bonchev–Trinajstić information content (AvgIpc) is 3.02. The Kier molecular flexibility index (Phi) is 11.2. The van der Waals surface area contributed by atoms with Crippen LogP contribution < -0.4 is 14.4 Å². The number of rotatable bonds is 12. The molecule has 1 N–H and O–H groups in total. The van der Waals surface area contributed by atoms with E-state index in [9.17, 15) is 18.0 Å². The highest BCUT2D eigenvalue weighted by Crippen LogP contribution is 2.30. The van der Waals surface area contributed by atoms with E-state index >= 15 is 0 Å². The van der Waals surface area contributed by atoms with Crippen LogP contribution >= 0.6 is 34.8 Å². The molecule has 8 nitrogen and oxygen atoms in total. The molecule has 1 unspecified atom stereocenters. The number of nitrogens with one attached hydrogen (secondary N) is 1. The second kappa shape index (κ2) is 14.8. The van der Waals surface area contributed by atoms with Gasteiger partial charge in [-0.3, -0.25) is 13.9 Å². The number of hydrogen-bond donors (Lipinski definition) is 1. The summed E-state index contributed by atoms with van der Waals surface area (Å²) >= 11 is 19.2. The maximum absolute atomic E-state index is 14.4. The second-order valence-electron chi connectivity index (χ2n) is 9.71. The third kappa shape index (κ3) is 7.84. The van der Waals surface area contributed by atoms with Crippen molar-refractivity contribution in [2.24, 2.45) is 0 Å². The lowest BCUT2D eigenvalue weighted by Crippen LogP contribution is -2.53. The number of sulfonamides is 1. The molecule has 1 atom stereocenters. The molecule has 230 valence electrons. The lowest BCUT2D eigenvalue weighted by atomic mass is 10.0. The number of carbonyl (C=O) groups is 2. The number of amides is 2. The van der Waals surface area contributed by atoms with Gasteiger partial charge in [-0.15, -0.1) is 0 Å². The third-order valence-corrected chi connectivity index (χ3v) is 9.66. The van der Waals surface area contributed by atoms with Gasteiger partial charge in [-0.2, -0.15) is 0 Å². The zero-order chi connectivity index (χ0) is 31.9. The summed E-state index contributed by atoms with van der Waals surface area (Å²) < 4.78 is 34.3. The zero-order valence-electron chi connectivity index (χ0n) is 23.9. The summed E-state index contributed by atoms with van der Waals surface area (Å²) in [6, 6.07) is 25.0. The number of halogens is 3. The number of benzene rings is 4. The molecule has 4 aromatic carbocycles. The summed E-state index contributed by atoms with van der Waals surface area (Å²) in [7, 11) is -1.36. The van der Waals surface area contributed by atoms with Gasteiger partial charge in [0, 0.05) is 40.6 Å². The van der Waals surface area contributed by atoms with E-state index in [0.717, 1.165) is 9.87 Å². The van der Waals surface area contributed by atoms with Crippen LogP contribution in [-0.4, -0.2) is 51.9 Å². The first-order chi connectivity index (χ1) is 21.0. The predicted molar refractivity (Wildman–Crippen MR) is 174 cm³/mol. The smallest absolute Gasteiger partial charge is 0.264 e. The molecular weight excluding hydrogens is 645 g/mol. The summed E-state index contributed by atoms with van der Waals surface area (Å²) in [4.78, 5) is 29.0. The van der Waals surface area contributed by atoms with Gasteiger partial charge in [0.1, 0.15) is 18.3 Å². The van der Waals surface area contributed by atoms with Gasteiger partial charge >= 0.3 is 0 Å². The first kappa shape index (κ1) is 33.1. The van der Waals surface area contributed by atoms with Crippen LogP contribution in [0.25, 0.3) is 0 Å². The van der Waals surface area contributed by atoms with Crippen molar-refractivity contribution in [1.82, 2.24) is 10.2 Å². The number of carbonyl (C=O) groups excluding carboxylic acids is 2. The van der Waals surface area contributed by atoms with Crippen LogP contribution in [0.1, 0.15) is 11.1 Å². The lowest BCUT2D eigenvalue weighted by molar-refractivity contribution is -0.139. The molecule has 0 aromatic heterocycles. The fourth-order valence-electron chi connectivity index (χ4n) is 4.61. The molecule has 0 aliphatic carbocycles. The van der Waals surface area contributed by atoms with E-state index in [1.807, 2.05) is 30.3 Å². The van der Waals surface area contributed by atoms with E-state index < -0.39 is 34.4 Å². The molecule has 4 rings (SSSR count). The maximum Gasteiger partial charge on any atom is 0.264 e. The Labute approximate surface area is 272 Å². The average molecular weight is 675 g/mol. The van der Waals surface area contributed by atoms with E-state index in [-0.39, 0.29) is 28.6 Å². The molecule has 0 bridgehead atoms. The minimum atomic E-state index is -4.31. The molecule has 0 radical (unpaired) electrons. The molecule has 12 heteroatoms. The van der Waals surface area contributed by atoms with Gasteiger partial charge in [0.25, 0.3) is 10.0 Å². The highest BCUT2D eigenvalue weighted by molar-refractivity contribution is 7.92. The van der Waals surface area contributed by atoms with Crippen LogP contribution in [-0.2, 0) is 32.6 Å². The Bertz CT molecular complexity index is 1700. The van der Waals surface area contributed by atoms with E-state index in [1.54, 1.807) is 30.3 Å². The number of ether oxygens (including phenoxy) is 1. The van der Waals surface area contributed by atoms with Crippen LogP contribution in [0.5, 0.6) is 5.75 Å². The van der Waals surface area contributed by atoms with E-state index in [2.05, 4.69) is 5.32 Å². The van der Waals surface area contributed by atoms with Crippen LogP contribution in [0.3, 0.4) is 0 Å². The first-order valence-corrected chi connectivity index (χ1v) is 16.0. The maximum atomic E-state index is 14.4. The molecule has 4 aromatic rings. The Morgan fingerprint density at radius 1 is 0.864 bits per heavy atom. The topological polar surface area (TPSA) is 96.0 Å². The quantitative estimate of drug-likeness (QED) is 0.192. The lowest BCUT2D eigenvalue weighted by Gasteiger charge is -2.34. The minimum Gasteiger partial charge on any atom is -0.497 e. The van der Waals surface area contributed by atoms with Crippen LogP contribution in [0, 0.1) is 0 Å². The first-order valence-electron chi connectivity index (χ1n) is 13.5. The SMILES string of the molecule is CNC(=O)C(Cc1ccccc1)N(Cc1c(Cl)cccc1Cl)C(=O)CN(c1cccc(Cl)c1)S(=O)(=O)c1ccc(OC)cc1. The van der Waals surface area contributed by atoms with Gasteiger partial charge in [0.05, 0.1) is 17.7 Å². The van der Waals surface area contributed by atoms with Crippen LogP contribution in [0.15, 0.2) is 102 Å². The minimum absolute atomic E-state index is 0.0705. The van der Waals surface area contributed by atoms with Crippen molar-refractivity contribution < 1.29 is 22.7 Å². The summed E-state index contributed by atoms with van der Waals surface area (Å²) in [5, 5.41) is 3.50. The summed E-state index contributed by atoms with van der Waals surface area (Å²) in [5.74, 6) is -0.647. The van der Waals surface area contributed by atoms with Gasteiger partial charge in [-0.25, -0.2) is 8.42 Å². The Morgan fingerprint density at radius 2 is 1.50 bits per heavy atom.